The Morgan fingerprint density at radius 1 is 1.00 bits per heavy atom. The van der Waals surface area contributed by atoms with Crippen LogP contribution in [0.3, 0.4) is 0 Å². The summed E-state index contributed by atoms with van der Waals surface area (Å²) in [5, 5.41) is 10.3. The second-order valence-corrected chi connectivity index (χ2v) is 7.92. The number of carbonyl (C=O) groups is 1. The minimum atomic E-state index is -0.259. The van der Waals surface area contributed by atoms with E-state index in [0.29, 0.717) is 22.9 Å². The largest absolute Gasteiger partial charge is 0.493 e. The monoisotopic (exact) mass is 483 g/mol. The number of amides is 2. The van der Waals surface area contributed by atoms with Crippen LogP contribution in [0, 0.1) is 0 Å². The molecule has 1 saturated carbocycles. The predicted molar refractivity (Wildman–Crippen MR) is 130 cm³/mol. The molecule has 0 saturated heterocycles. The molecular formula is C23H31Cl2N3O4. The molecule has 1 aliphatic carbocycles. The summed E-state index contributed by atoms with van der Waals surface area (Å²) < 4.78 is 16.0. The van der Waals surface area contributed by atoms with Crippen molar-refractivity contribution >= 4 is 35.7 Å². The maximum Gasteiger partial charge on any atom is 0.319 e. The molecule has 3 N–H and O–H groups in total. The molecule has 0 aromatic heterocycles. The average Bonchev–Trinajstić information content (AvgIpc) is 3.20. The lowest BCUT2D eigenvalue weighted by Gasteiger charge is -2.23. The first-order chi connectivity index (χ1) is 15.0. The lowest BCUT2D eigenvalue weighted by atomic mass is 10.1. The summed E-state index contributed by atoms with van der Waals surface area (Å²) in [5.41, 5.74) is 1.80. The molecule has 2 amide bonds. The van der Waals surface area contributed by atoms with Crippen molar-refractivity contribution < 1.29 is 19.0 Å². The molecule has 3 rings (SSSR count). The van der Waals surface area contributed by atoms with Gasteiger partial charge in [0.05, 0.1) is 27.0 Å². The van der Waals surface area contributed by atoms with E-state index in [1.165, 1.54) is 5.56 Å². The van der Waals surface area contributed by atoms with Crippen molar-refractivity contribution in [3.8, 4) is 17.2 Å². The highest BCUT2D eigenvalue weighted by Gasteiger charge is 2.28. The Kier molecular flexibility index (Phi) is 10.2. The van der Waals surface area contributed by atoms with Gasteiger partial charge in [-0.25, -0.2) is 4.79 Å². The fourth-order valence-corrected chi connectivity index (χ4v) is 4.04. The molecule has 0 heterocycles. The zero-order chi connectivity index (χ0) is 22.2. The Balaban J connectivity index is 0.00000363. The van der Waals surface area contributed by atoms with E-state index in [2.05, 4.69) is 16.0 Å². The van der Waals surface area contributed by atoms with Gasteiger partial charge in [-0.1, -0.05) is 23.7 Å². The summed E-state index contributed by atoms with van der Waals surface area (Å²) >= 11 is 5.94. The third kappa shape index (κ3) is 6.82. The van der Waals surface area contributed by atoms with Gasteiger partial charge in [0.1, 0.15) is 0 Å². The SMILES string of the molecule is COc1cc(NC(=O)NC2CCCC2NCCc2ccc(Cl)cc2)cc(OC)c1OC.Cl. The summed E-state index contributed by atoms with van der Waals surface area (Å²) in [6.45, 7) is 0.846. The van der Waals surface area contributed by atoms with Crippen LogP contribution in [0.1, 0.15) is 24.8 Å². The lowest BCUT2D eigenvalue weighted by molar-refractivity contribution is 0.246. The zero-order valence-electron chi connectivity index (χ0n) is 18.6. The molecule has 0 bridgehead atoms. The molecule has 0 radical (unpaired) electrons. The molecule has 0 aliphatic heterocycles. The van der Waals surface area contributed by atoms with E-state index >= 15 is 0 Å². The van der Waals surface area contributed by atoms with Gasteiger partial charge in [0.2, 0.25) is 5.75 Å². The van der Waals surface area contributed by atoms with Crippen LogP contribution < -0.4 is 30.2 Å². The number of ether oxygens (including phenoxy) is 3. The van der Waals surface area contributed by atoms with Crippen molar-refractivity contribution in [1.82, 2.24) is 10.6 Å². The molecule has 2 aromatic carbocycles. The Bertz CT molecular complexity index is 855. The van der Waals surface area contributed by atoms with Crippen molar-refractivity contribution in [2.75, 3.05) is 33.2 Å². The second kappa shape index (κ2) is 12.6. The molecule has 9 heteroatoms. The van der Waals surface area contributed by atoms with Crippen LogP contribution in [0.4, 0.5) is 10.5 Å². The Morgan fingerprint density at radius 2 is 1.62 bits per heavy atom. The van der Waals surface area contributed by atoms with Gasteiger partial charge in [-0.3, -0.25) is 0 Å². The summed E-state index contributed by atoms with van der Waals surface area (Å²) in [4.78, 5) is 12.6. The zero-order valence-corrected chi connectivity index (χ0v) is 20.1. The van der Waals surface area contributed by atoms with Gasteiger partial charge < -0.3 is 30.2 Å². The van der Waals surface area contributed by atoms with Gasteiger partial charge in [0.25, 0.3) is 0 Å². The first-order valence-corrected chi connectivity index (χ1v) is 10.8. The molecule has 176 valence electrons. The van der Waals surface area contributed by atoms with Crippen molar-refractivity contribution in [1.29, 1.82) is 0 Å². The number of halogens is 2. The Morgan fingerprint density at radius 3 is 2.22 bits per heavy atom. The standard InChI is InChI=1S/C23H30ClN3O4.ClH/c1-29-20-13-17(14-21(30-2)22(20)31-3)26-23(28)27-19-6-4-5-18(19)25-12-11-15-7-9-16(24)10-8-15;/h7-10,13-14,18-19,25H,4-6,11-12H2,1-3H3,(H2,26,27,28);1H. The number of carbonyl (C=O) groups excluding carboxylic acids is 1. The third-order valence-electron chi connectivity index (χ3n) is 5.49. The van der Waals surface area contributed by atoms with Crippen molar-refractivity contribution in [3.63, 3.8) is 0 Å². The highest BCUT2D eigenvalue weighted by molar-refractivity contribution is 6.30. The number of urea groups is 1. The Labute approximate surface area is 200 Å². The van der Waals surface area contributed by atoms with Gasteiger partial charge in [-0.2, -0.15) is 0 Å². The fraction of sp³-hybridized carbons (Fsp3) is 0.435. The number of methoxy groups -OCH3 is 3. The number of benzene rings is 2. The smallest absolute Gasteiger partial charge is 0.319 e. The van der Waals surface area contributed by atoms with Crippen molar-refractivity contribution in [2.24, 2.45) is 0 Å². The van der Waals surface area contributed by atoms with E-state index < -0.39 is 0 Å². The quantitative estimate of drug-likeness (QED) is 0.483. The van der Waals surface area contributed by atoms with Crippen LogP contribution in [-0.2, 0) is 6.42 Å². The summed E-state index contributed by atoms with van der Waals surface area (Å²) in [7, 11) is 4.63. The maximum atomic E-state index is 12.6. The topological polar surface area (TPSA) is 80.9 Å². The van der Waals surface area contributed by atoms with Crippen LogP contribution in [0.2, 0.25) is 5.02 Å². The van der Waals surface area contributed by atoms with Gasteiger partial charge in [-0.05, 0) is 49.9 Å². The molecule has 1 aliphatic rings. The average molecular weight is 484 g/mol. The molecule has 2 atom stereocenters. The van der Waals surface area contributed by atoms with E-state index in [-0.39, 0.29) is 30.5 Å². The lowest BCUT2D eigenvalue weighted by Crippen LogP contribution is -2.48. The molecule has 7 nitrogen and oxygen atoms in total. The van der Waals surface area contributed by atoms with E-state index in [0.717, 1.165) is 37.3 Å². The van der Waals surface area contributed by atoms with Gasteiger partial charge >= 0.3 is 6.03 Å². The van der Waals surface area contributed by atoms with Gasteiger partial charge in [0.15, 0.2) is 11.5 Å². The van der Waals surface area contributed by atoms with Crippen LogP contribution in [-0.4, -0.2) is 46.0 Å². The first kappa shape index (κ1) is 25.9. The molecule has 1 fully saturated rings. The van der Waals surface area contributed by atoms with Gasteiger partial charge in [0, 0.05) is 29.2 Å². The number of hydrogen-bond donors (Lipinski definition) is 3. The number of nitrogens with one attached hydrogen (secondary N) is 3. The normalized spacial score (nSPS) is 17.2. The highest BCUT2D eigenvalue weighted by atomic mass is 35.5. The summed E-state index contributed by atoms with van der Waals surface area (Å²) in [6, 6.07) is 11.4. The van der Waals surface area contributed by atoms with Crippen molar-refractivity contribution in [3.05, 3.63) is 47.0 Å². The molecule has 2 unspecified atom stereocenters. The first-order valence-electron chi connectivity index (χ1n) is 10.4. The maximum absolute atomic E-state index is 12.6. The third-order valence-corrected chi connectivity index (χ3v) is 5.74. The second-order valence-electron chi connectivity index (χ2n) is 7.49. The summed E-state index contributed by atoms with van der Waals surface area (Å²) in [6.07, 6.45) is 3.97. The van der Waals surface area contributed by atoms with Crippen LogP contribution in [0.25, 0.3) is 0 Å². The number of hydrogen-bond acceptors (Lipinski definition) is 5. The van der Waals surface area contributed by atoms with E-state index in [1.54, 1.807) is 33.5 Å². The minimum Gasteiger partial charge on any atom is -0.493 e. The molecule has 0 spiro atoms. The minimum absolute atomic E-state index is 0. The van der Waals surface area contributed by atoms with Crippen molar-refractivity contribution in [2.45, 2.75) is 37.8 Å². The molecule has 32 heavy (non-hydrogen) atoms. The van der Waals surface area contributed by atoms with Crippen LogP contribution in [0.5, 0.6) is 17.2 Å². The molecule has 2 aromatic rings. The van der Waals surface area contributed by atoms with E-state index in [1.807, 2.05) is 24.3 Å². The number of rotatable bonds is 9. The molecular weight excluding hydrogens is 453 g/mol. The Hall–Kier alpha value is -2.35. The highest BCUT2D eigenvalue weighted by Crippen LogP contribution is 2.39. The van der Waals surface area contributed by atoms with E-state index in [4.69, 9.17) is 25.8 Å². The van der Waals surface area contributed by atoms with E-state index in [9.17, 15) is 4.79 Å². The van der Waals surface area contributed by atoms with Crippen LogP contribution in [0.15, 0.2) is 36.4 Å². The van der Waals surface area contributed by atoms with Gasteiger partial charge in [-0.15, -0.1) is 12.4 Å². The summed E-state index contributed by atoms with van der Waals surface area (Å²) in [5.74, 6) is 1.45. The number of anilines is 1. The predicted octanol–water partition coefficient (Wildman–Crippen LogP) is 4.66. The van der Waals surface area contributed by atoms with Crippen LogP contribution >= 0.6 is 24.0 Å². The fourth-order valence-electron chi connectivity index (χ4n) is 3.92.